The van der Waals surface area contributed by atoms with Crippen molar-refractivity contribution < 1.29 is 23.9 Å². The van der Waals surface area contributed by atoms with Crippen LogP contribution in [0.2, 0.25) is 5.02 Å². The predicted molar refractivity (Wildman–Crippen MR) is 124 cm³/mol. The predicted octanol–water partition coefficient (Wildman–Crippen LogP) is 3.94. The molecule has 0 bridgehead atoms. The van der Waals surface area contributed by atoms with E-state index in [2.05, 4.69) is 0 Å². The number of nitrogens with zero attached hydrogens (tertiary/aromatic N) is 2. The molecule has 0 saturated carbocycles. The van der Waals surface area contributed by atoms with Crippen molar-refractivity contribution in [2.24, 2.45) is 0 Å². The minimum atomic E-state index is -1.04. The molecule has 3 rings (SSSR count). The molecule has 2 atom stereocenters. The molecule has 0 saturated heterocycles. The number of benzene rings is 2. The lowest BCUT2D eigenvalue weighted by Crippen LogP contribution is -2.45. The van der Waals surface area contributed by atoms with Gasteiger partial charge in [0.1, 0.15) is 5.75 Å². The summed E-state index contributed by atoms with van der Waals surface area (Å²) in [6, 6.07) is 12.2. The quantitative estimate of drug-likeness (QED) is 0.461. The summed E-state index contributed by atoms with van der Waals surface area (Å²) in [5.41, 5.74) is 1.48. The second kappa shape index (κ2) is 10.4. The lowest BCUT2D eigenvalue weighted by atomic mass is 10.1. The van der Waals surface area contributed by atoms with E-state index in [9.17, 15) is 14.4 Å². The number of anilines is 1. The number of hydrogen-bond acceptors (Lipinski definition) is 7. The Balaban J connectivity index is 2.06. The monoisotopic (exact) mass is 476 g/mol. The molecule has 170 valence electrons. The summed E-state index contributed by atoms with van der Waals surface area (Å²) in [6.07, 6.45) is -1.04. The Hall–Kier alpha value is -2.55. The van der Waals surface area contributed by atoms with Gasteiger partial charge in [0, 0.05) is 36.9 Å². The third kappa shape index (κ3) is 5.82. The molecule has 32 heavy (non-hydrogen) atoms. The van der Waals surface area contributed by atoms with Gasteiger partial charge >= 0.3 is 11.9 Å². The van der Waals surface area contributed by atoms with Crippen LogP contribution in [0, 0.1) is 0 Å². The minimum Gasteiger partial charge on any atom is -0.451 e. The Morgan fingerprint density at radius 3 is 2.38 bits per heavy atom. The standard InChI is InChI=1S/C23H25ClN2O5S/c1-14(27)30-18-8-5-16(6-9-18)22-21(31-15(2)28)23(29)26(12-11-25(3)4)19-10-7-17(24)13-20(19)32-22/h5-10,13,21-22H,11-12H2,1-4H3/t21-,22+/m1/s1. The van der Waals surface area contributed by atoms with Crippen LogP contribution in [0.25, 0.3) is 0 Å². The van der Waals surface area contributed by atoms with E-state index in [1.165, 1.54) is 25.6 Å². The molecular formula is C23H25ClN2O5S. The van der Waals surface area contributed by atoms with E-state index in [0.717, 1.165) is 16.1 Å². The molecule has 0 N–H and O–H groups in total. The Morgan fingerprint density at radius 1 is 1.09 bits per heavy atom. The third-order valence-electron chi connectivity index (χ3n) is 4.78. The molecule has 0 fully saturated rings. The Bertz CT molecular complexity index is 1010. The highest BCUT2D eigenvalue weighted by atomic mass is 35.5. The number of halogens is 1. The minimum absolute atomic E-state index is 0.301. The maximum absolute atomic E-state index is 13.7. The van der Waals surface area contributed by atoms with Crippen LogP contribution in [0.4, 0.5) is 5.69 Å². The molecule has 0 unspecified atom stereocenters. The van der Waals surface area contributed by atoms with Gasteiger partial charge in [0.05, 0.1) is 10.9 Å². The zero-order valence-corrected chi connectivity index (χ0v) is 19.9. The first kappa shape index (κ1) is 24.1. The van der Waals surface area contributed by atoms with Crippen molar-refractivity contribution in [2.45, 2.75) is 30.1 Å². The van der Waals surface area contributed by atoms with E-state index in [4.69, 9.17) is 21.1 Å². The van der Waals surface area contributed by atoms with Crippen molar-refractivity contribution >= 4 is 46.9 Å². The molecule has 1 amide bonds. The first-order valence-electron chi connectivity index (χ1n) is 10.0. The highest BCUT2D eigenvalue weighted by molar-refractivity contribution is 7.99. The second-order valence-corrected chi connectivity index (χ2v) is 9.26. The Kier molecular flexibility index (Phi) is 7.82. The summed E-state index contributed by atoms with van der Waals surface area (Å²) in [5.74, 6) is -0.868. The number of thioether (sulfide) groups is 1. The van der Waals surface area contributed by atoms with Gasteiger partial charge in [0.15, 0.2) is 6.10 Å². The van der Waals surface area contributed by atoms with Gasteiger partial charge in [0.2, 0.25) is 0 Å². The molecule has 0 aliphatic carbocycles. The smallest absolute Gasteiger partial charge is 0.308 e. The zero-order valence-electron chi connectivity index (χ0n) is 18.3. The van der Waals surface area contributed by atoms with Crippen LogP contribution in [0.1, 0.15) is 24.7 Å². The summed E-state index contributed by atoms with van der Waals surface area (Å²) in [6.45, 7) is 3.68. The average Bonchev–Trinajstić information content (AvgIpc) is 2.81. The molecule has 9 heteroatoms. The SMILES string of the molecule is CC(=O)Oc1ccc([C@@H]2Sc3cc(Cl)ccc3N(CCN(C)C)C(=O)[C@@H]2OC(C)=O)cc1. The van der Waals surface area contributed by atoms with E-state index in [1.807, 2.05) is 31.1 Å². The van der Waals surface area contributed by atoms with Crippen LogP contribution in [-0.4, -0.2) is 56.0 Å². The van der Waals surface area contributed by atoms with Crippen molar-refractivity contribution in [3.8, 4) is 5.75 Å². The Labute approximate surface area is 196 Å². The van der Waals surface area contributed by atoms with E-state index in [1.54, 1.807) is 35.2 Å². The number of hydrogen-bond donors (Lipinski definition) is 0. The van der Waals surface area contributed by atoms with Gasteiger partial charge in [-0.1, -0.05) is 23.7 Å². The fourth-order valence-electron chi connectivity index (χ4n) is 3.36. The van der Waals surface area contributed by atoms with Crippen LogP contribution >= 0.6 is 23.4 Å². The molecule has 7 nitrogen and oxygen atoms in total. The number of fused-ring (bicyclic) bond motifs is 1. The van der Waals surface area contributed by atoms with E-state index in [-0.39, 0.29) is 5.91 Å². The highest BCUT2D eigenvalue weighted by Crippen LogP contribution is 2.47. The molecule has 0 spiro atoms. The Morgan fingerprint density at radius 2 is 1.78 bits per heavy atom. The normalized spacial score (nSPS) is 18.2. The van der Waals surface area contributed by atoms with Crippen LogP contribution in [0.15, 0.2) is 47.4 Å². The molecule has 0 radical (unpaired) electrons. The number of rotatable bonds is 6. The van der Waals surface area contributed by atoms with Gasteiger partial charge in [0.25, 0.3) is 5.91 Å². The average molecular weight is 477 g/mol. The molecule has 1 aliphatic rings. The van der Waals surface area contributed by atoms with Crippen LogP contribution in [-0.2, 0) is 19.1 Å². The lowest BCUT2D eigenvalue weighted by molar-refractivity contribution is -0.152. The first-order valence-corrected chi connectivity index (χ1v) is 11.3. The van der Waals surface area contributed by atoms with Crippen molar-refractivity contribution in [3.63, 3.8) is 0 Å². The number of carbonyl (C=O) groups excluding carboxylic acids is 3. The van der Waals surface area contributed by atoms with Gasteiger partial charge in [-0.25, -0.2) is 0 Å². The fourth-order valence-corrected chi connectivity index (χ4v) is 4.95. The summed E-state index contributed by atoms with van der Waals surface area (Å²) in [4.78, 5) is 41.3. The van der Waals surface area contributed by atoms with Crippen LogP contribution in [0.5, 0.6) is 5.75 Å². The number of ether oxygens (including phenoxy) is 2. The molecule has 0 aromatic heterocycles. The molecule has 2 aromatic rings. The number of likely N-dealkylation sites (N-methyl/N-ethyl adjacent to an activating group) is 1. The van der Waals surface area contributed by atoms with E-state index in [0.29, 0.717) is 23.9 Å². The first-order chi connectivity index (χ1) is 15.2. The molecule has 2 aromatic carbocycles. The maximum atomic E-state index is 13.7. The van der Waals surface area contributed by atoms with E-state index >= 15 is 0 Å². The topological polar surface area (TPSA) is 76.2 Å². The summed E-state index contributed by atoms with van der Waals surface area (Å²) in [5, 5.41) is 0.0329. The summed E-state index contributed by atoms with van der Waals surface area (Å²) < 4.78 is 10.7. The van der Waals surface area contributed by atoms with Gasteiger partial charge in [-0.15, -0.1) is 11.8 Å². The number of esters is 2. The van der Waals surface area contributed by atoms with Crippen molar-refractivity contribution in [1.29, 1.82) is 0 Å². The lowest BCUT2D eigenvalue weighted by Gasteiger charge is -2.28. The van der Waals surface area contributed by atoms with Gasteiger partial charge in [-0.3, -0.25) is 14.4 Å². The molecule has 1 heterocycles. The largest absolute Gasteiger partial charge is 0.451 e. The fraction of sp³-hybridized carbons (Fsp3) is 0.348. The van der Waals surface area contributed by atoms with Crippen molar-refractivity contribution in [3.05, 3.63) is 53.1 Å². The van der Waals surface area contributed by atoms with Gasteiger partial charge < -0.3 is 19.3 Å². The van der Waals surface area contributed by atoms with Crippen molar-refractivity contribution in [2.75, 3.05) is 32.1 Å². The third-order valence-corrected chi connectivity index (χ3v) is 6.37. The van der Waals surface area contributed by atoms with Gasteiger partial charge in [-0.2, -0.15) is 0 Å². The highest BCUT2D eigenvalue weighted by Gasteiger charge is 2.40. The number of carbonyl (C=O) groups is 3. The molecular weight excluding hydrogens is 452 g/mol. The number of amides is 1. The summed E-state index contributed by atoms with van der Waals surface area (Å²) >= 11 is 7.68. The summed E-state index contributed by atoms with van der Waals surface area (Å²) in [7, 11) is 3.85. The zero-order chi connectivity index (χ0) is 23.4. The second-order valence-electron chi connectivity index (χ2n) is 7.64. The maximum Gasteiger partial charge on any atom is 0.308 e. The van der Waals surface area contributed by atoms with Crippen LogP contribution < -0.4 is 9.64 Å². The molecule has 1 aliphatic heterocycles. The van der Waals surface area contributed by atoms with Gasteiger partial charge in [-0.05, 0) is 50.0 Å². The van der Waals surface area contributed by atoms with E-state index < -0.39 is 23.3 Å². The van der Waals surface area contributed by atoms with Crippen LogP contribution in [0.3, 0.4) is 0 Å². The van der Waals surface area contributed by atoms with Crippen molar-refractivity contribution in [1.82, 2.24) is 4.90 Å².